The normalized spacial score (nSPS) is 10.4. The van der Waals surface area contributed by atoms with Crippen LogP contribution >= 0.6 is 0 Å². The van der Waals surface area contributed by atoms with Gasteiger partial charge in [0.15, 0.2) is 0 Å². The van der Waals surface area contributed by atoms with E-state index in [0.29, 0.717) is 0 Å². The van der Waals surface area contributed by atoms with Crippen LogP contribution in [-0.4, -0.2) is 18.7 Å². The molecule has 0 atom stereocenters. The Kier molecular flexibility index (Phi) is 2.60. The van der Waals surface area contributed by atoms with Gasteiger partial charge < -0.3 is 15.2 Å². The lowest BCUT2D eigenvalue weighted by molar-refractivity contribution is 0.928. The van der Waals surface area contributed by atoms with Gasteiger partial charge in [0, 0.05) is 56.0 Å². The molecule has 0 bridgehead atoms. The molecule has 16 heavy (non-hydrogen) atoms. The molecule has 0 fully saturated rings. The van der Waals surface area contributed by atoms with Crippen molar-refractivity contribution < 1.29 is 0 Å². The number of nitrogen functional groups attached to an aromatic ring is 1. The highest BCUT2D eigenvalue weighted by atomic mass is 15.1. The third-order valence-electron chi connectivity index (χ3n) is 2.70. The summed E-state index contributed by atoms with van der Waals surface area (Å²) in [6.45, 7) is 0. The number of aryl methyl sites for hydroxylation is 1. The predicted octanol–water partition coefficient (Wildman–Crippen LogP) is 2.34. The van der Waals surface area contributed by atoms with Crippen LogP contribution in [0.2, 0.25) is 0 Å². The van der Waals surface area contributed by atoms with Crippen molar-refractivity contribution in [3.8, 4) is 11.1 Å². The maximum atomic E-state index is 6.00. The van der Waals surface area contributed by atoms with E-state index in [0.717, 1.165) is 22.5 Å². The molecule has 0 saturated carbocycles. The van der Waals surface area contributed by atoms with Crippen LogP contribution in [0.15, 0.2) is 36.7 Å². The van der Waals surface area contributed by atoms with Crippen molar-refractivity contribution in [2.45, 2.75) is 0 Å². The average Bonchev–Trinajstić information content (AvgIpc) is 2.65. The highest BCUT2D eigenvalue weighted by Crippen LogP contribution is 2.29. The van der Waals surface area contributed by atoms with Crippen molar-refractivity contribution in [2.75, 3.05) is 24.7 Å². The van der Waals surface area contributed by atoms with Crippen LogP contribution in [0, 0.1) is 0 Å². The van der Waals surface area contributed by atoms with E-state index in [1.807, 2.05) is 44.0 Å². The van der Waals surface area contributed by atoms with Crippen LogP contribution in [0.25, 0.3) is 11.1 Å². The maximum absolute atomic E-state index is 6.00. The topological polar surface area (TPSA) is 34.2 Å². The Labute approximate surface area is 96.1 Å². The maximum Gasteiger partial charge on any atom is 0.0395 e. The van der Waals surface area contributed by atoms with Gasteiger partial charge in [-0.25, -0.2) is 0 Å². The van der Waals surface area contributed by atoms with Crippen molar-refractivity contribution in [1.29, 1.82) is 0 Å². The minimum atomic E-state index is 0.816. The number of hydrogen-bond donors (Lipinski definition) is 1. The standard InChI is InChI=1S/C13H17N3/c1-15(2)11-4-5-13(14)12(8-11)10-6-7-16(3)9-10/h4-9H,14H2,1-3H3. The summed E-state index contributed by atoms with van der Waals surface area (Å²) in [5.74, 6) is 0. The number of aromatic nitrogens is 1. The molecule has 0 spiro atoms. The van der Waals surface area contributed by atoms with E-state index in [1.54, 1.807) is 0 Å². The Balaban J connectivity index is 2.51. The Hall–Kier alpha value is -1.90. The first-order valence-electron chi connectivity index (χ1n) is 5.27. The largest absolute Gasteiger partial charge is 0.398 e. The van der Waals surface area contributed by atoms with Gasteiger partial charge in [-0.2, -0.15) is 0 Å². The molecule has 0 aliphatic heterocycles. The summed E-state index contributed by atoms with van der Waals surface area (Å²) < 4.78 is 2.02. The van der Waals surface area contributed by atoms with E-state index in [4.69, 9.17) is 5.73 Å². The highest BCUT2D eigenvalue weighted by Gasteiger charge is 2.06. The molecule has 2 N–H and O–H groups in total. The zero-order valence-corrected chi connectivity index (χ0v) is 9.94. The molecule has 2 rings (SSSR count). The molecule has 0 radical (unpaired) electrons. The molecule has 0 aliphatic rings. The fourth-order valence-electron chi connectivity index (χ4n) is 1.74. The fraction of sp³-hybridized carbons (Fsp3) is 0.231. The first-order valence-corrected chi connectivity index (χ1v) is 5.27. The summed E-state index contributed by atoms with van der Waals surface area (Å²) in [6.07, 6.45) is 4.10. The SMILES string of the molecule is CN(C)c1ccc(N)c(-c2ccn(C)c2)c1. The lowest BCUT2D eigenvalue weighted by Gasteiger charge is -2.14. The molecule has 3 nitrogen and oxygen atoms in total. The van der Waals surface area contributed by atoms with Crippen LogP contribution in [0.5, 0.6) is 0 Å². The molecule has 1 aromatic carbocycles. The van der Waals surface area contributed by atoms with E-state index in [2.05, 4.69) is 23.2 Å². The molecular weight excluding hydrogens is 198 g/mol. The van der Waals surface area contributed by atoms with Gasteiger partial charge in [-0.3, -0.25) is 0 Å². The first-order chi connectivity index (χ1) is 7.58. The zero-order chi connectivity index (χ0) is 11.7. The van der Waals surface area contributed by atoms with Gasteiger partial charge in [-0.1, -0.05) is 0 Å². The molecule has 0 amide bonds. The van der Waals surface area contributed by atoms with E-state index >= 15 is 0 Å². The Morgan fingerprint density at radius 1 is 1.19 bits per heavy atom. The summed E-state index contributed by atoms with van der Waals surface area (Å²) >= 11 is 0. The van der Waals surface area contributed by atoms with E-state index in [9.17, 15) is 0 Å². The van der Waals surface area contributed by atoms with Gasteiger partial charge in [0.2, 0.25) is 0 Å². The fourth-order valence-corrected chi connectivity index (χ4v) is 1.74. The molecule has 0 aliphatic carbocycles. The number of nitrogens with zero attached hydrogens (tertiary/aromatic N) is 2. The Morgan fingerprint density at radius 3 is 2.50 bits per heavy atom. The summed E-state index contributed by atoms with van der Waals surface area (Å²) in [6, 6.07) is 8.18. The Morgan fingerprint density at radius 2 is 1.94 bits per heavy atom. The van der Waals surface area contributed by atoms with Crippen LogP contribution in [0.3, 0.4) is 0 Å². The molecule has 3 heteroatoms. The first kappa shape index (κ1) is 10.6. The third kappa shape index (κ3) is 1.89. The average molecular weight is 215 g/mol. The van der Waals surface area contributed by atoms with Crippen molar-refractivity contribution in [3.05, 3.63) is 36.7 Å². The number of anilines is 2. The van der Waals surface area contributed by atoms with Crippen LogP contribution in [-0.2, 0) is 7.05 Å². The zero-order valence-electron chi connectivity index (χ0n) is 9.94. The van der Waals surface area contributed by atoms with Gasteiger partial charge in [0.1, 0.15) is 0 Å². The molecule has 2 aromatic rings. The van der Waals surface area contributed by atoms with E-state index in [1.165, 1.54) is 0 Å². The van der Waals surface area contributed by atoms with Gasteiger partial charge in [0.25, 0.3) is 0 Å². The van der Waals surface area contributed by atoms with Gasteiger partial charge in [-0.05, 0) is 24.3 Å². The van der Waals surface area contributed by atoms with Crippen LogP contribution in [0.4, 0.5) is 11.4 Å². The second-order valence-electron chi connectivity index (χ2n) is 4.23. The molecular formula is C13H17N3. The number of nitrogens with two attached hydrogens (primary N) is 1. The summed E-state index contributed by atoms with van der Waals surface area (Å²) in [5.41, 5.74) is 10.2. The second-order valence-corrected chi connectivity index (χ2v) is 4.23. The number of benzene rings is 1. The quantitative estimate of drug-likeness (QED) is 0.780. The number of hydrogen-bond acceptors (Lipinski definition) is 2. The highest BCUT2D eigenvalue weighted by molar-refractivity contribution is 5.79. The Bertz CT molecular complexity index is 498. The van der Waals surface area contributed by atoms with Crippen LogP contribution in [0.1, 0.15) is 0 Å². The molecule has 1 aromatic heterocycles. The molecule has 1 heterocycles. The van der Waals surface area contributed by atoms with Gasteiger partial charge in [-0.15, -0.1) is 0 Å². The predicted molar refractivity (Wildman–Crippen MR) is 69.6 cm³/mol. The summed E-state index contributed by atoms with van der Waals surface area (Å²) in [7, 11) is 6.07. The summed E-state index contributed by atoms with van der Waals surface area (Å²) in [5, 5.41) is 0. The van der Waals surface area contributed by atoms with Crippen LogP contribution < -0.4 is 10.6 Å². The molecule has 84 valence electrons. The monoisotopic (exact) mass is 215 g/mol. The van der Waals surface area contributed by atoms with Crippen molar-refractivity contribution >= 4 is 11.4 Å². The lowest BCUT2D eigenvalue weighted by Crippen LogP contribution is -2.08. The van der Waals surface area contributed by atoms with Crippen molar-refractivity contribution in [1.82, 2.24) is 4.57 Å². The second kappa shape index (κ2) is 3.93. The van der Waals surface area contributed by atoms with Gasteiger partial charge >= 0.3 is 0 Å². The lowest BCUT2D eigenvalue weighted by atomic mass is 10.1. The number of rotatable bonds is 2. The third-order valence-corrected chi connectivity index (χ3v) is 2.70. The summed E-state index contributed by atoms with van der Waals surface area (Å²) in [4.78, 5) is 2.08. The minimum Gasteiger partial charge on any atom is -0.398 e. The van der Waals surface area contributed by atoms with E-state index in [-0.39, 0.29) is 0 Å². The van der Waals surface area contributed by atoms with Gasteiger partial charge in [0.05, 0.1) is 0 Å². The molecule has 0 saturated heterocycles. The molecule has 0 unspecified atom stereocenters. The van der Waals surface area contributed by atoms with Crippen molar-refractivity contribution in [3.63, 3.8) is 0 Å². The van der Waals surface area contributed by atoms with E-state index < -0.39 is 0 Å². The van der Waals surface area contributed by atoms with Crippen molar-refractivity contribution in [2.24, 2.45) is 7.05 Å². The smallest absolute Gasteiger partial charge is 0.0395 e. The minimum absolute atomic E-state index is 0.816.